The summed E-state index contributed by atoms with van der Waals surface area (Å²) in [6.07, 6.45) is 3.97. The second kappa shape index (κ2) is 7.08. The Hall–Kier alpha value is -1.63. The van der Waals surface area contributed by atoms with Crippen LogP contribution in [-0.4, -0.2) is 31.1 Å². The minimum absolute atomic E-state index is 0.330. The van der Waals surface area contributed by atoms with Gasteiger partial charge in [-0.25, -0.2) is 0 Å². The topological polar surface area (TPSA) is 39.1 Å². The number of nitriles is 1. The fourth-order valence-electron chi connectivity index (χ4n) is 2.69. The van der Waals surface area contributed by atoms with E-state index in [1.807, 2.05) is 24.3 Å². The van der Waals surface area contributed by atoms with Crippen LogP contribution in [0.5, 0.6) is 0 Å². The Kier molecular flexibility index (Phi) is 5.14. The van der Waals surface area contributed by atoms with E-state index >= 15 is 0 Å². The first-order valence-corrected chi connectivity index (χ1v) is 6.91. The number of allylic oxidation sites excluding steroid dienone is 1. The molecular formula is C16H21N3. The predicted octanol–water partition coefficient (Wildman–Crippen LogP) is 2.47. The number of hydrogen-bond acceptors (Lipinski definition) is 3. The normalized spacial score (nSPS) is 17.6. The van der Waals surface area contributed by atoms with E-state index < -0.39 is 0 Å². The van der Waals surface area contributed by atoms with Gasteiger partial charge in [-0.1, -0.05) is 24.3 Å². The molecule has 2 rings (SSSR count). The zero-order valence-corrected chi connectivity index (χ0v) is 11.3. The molecule has 3 heteroatoms. The van der Waals surface area contributed by atoms with Gasteiger partial charge in [-0.3, -0.25) is 4.90 Å². The Morgan fingerprint density at radius 3 is 2.79 bits per heavy atom. The van der Waals surface area contributed by atoms with Crippen molar-refractivity contribution in [1.29, 1.82) is 5.26 Å². The molecule has 1 heterocycles. The van der Waals surface area contributed by atoms with Crippen LogP contribution >= 0.6 is 0 Å². The Morgan fingerprint density at radius 2 is 2.11 bits per heavy atom. The van der Waals surface area contributed by atoms with Gasteiger partial charge in [0.05, 0.1) is 11.6 Å². The third kappa shape index (κ3) is 3.44. The zero-order valence-electron chi connectivity index (χ0n) is 11.3. The quantitative estimate of drug-likeness (QED) is 0.822. The van der Waals surface area contributed by atoms with Gasteiger partial charge in [0.2, 0.25) is 0 Å². The average molecular weight is 255 g/mol. The van der Waals surface area contributed by atoms with E-state index in [9.17, 15) is 5.26 Å². The number of rotatable bonds is 5. The molecule has 1 N–H and O–H groups in total. The van der Waals surface area contributed by atoms with Crippen molar-refractivity contribution in [2.75, 3.05) is 26.2 Å². The van der Waals surface area contributed by atoms with Gasteiger partial charge >= 0.3 is 0 Å². The van der Waals surface area contributed by atoms with Gasteiger partial charge < -0.3 is 5.32 Å². The molecule has 1 saturated heterocycles. The van der Waals surface area contributed by atoms with E-state index in [0.717, 1.165) is 50.1 Å². The van der Waals surface area contributed by atoms with Gasteiger partial charge in [0.25, 0.3) is 0 Å². The third-order valence-corrected chi connectivity index (χ3v) is 3.68. The number of benzene rings is 1. The molecule has 19 heavy (non-hydrogen) atoms. The van der Waals surface area contributed by atoms with E-state index in [4.69, 9.17) is 0 Å². The highest BCUT2D eigenvalue weighted by atomic mass is 15.2. The van der Waals surface area contributed by atoms with Crippen molar-refractivity contribution in [3.63, 3.8) is 0 Å². The number of nitrogens with zero attached hydrogens (tertiary/aromatic N) is 2. The van der Waals surface area contributed by atoms with Crippen molar-refractivity contribution < 1.29 is 0 Å². The molecule has 0 saturated carbocycles. The number of hydrogen-bond donors (Lipinski definition) is 1. The monoisotopic (exact) mass is 255 g/mol. The summed E-state index contributed by atoms with van der Waals surface area (Å²) >= 11 is 0. The highest BCUT2D eigenvalue weighted by molar-refractivity contribution is 5.39. The van der Waals surface area contributed by atoms with Crippen LogP contribution in [0.3, 0.4) is 0 Å². The van der Waals surface area contributed by atoms with Gasteiger partial charge in [-0.2, -0.15) is 5.26 Å². The Balaban J connectivity index is 2.25. The van der Waals surface area contributed by atoms with Crippen LogP contribution in [0.2, 0.25) is 0 Å². The summed E-state index contributed by atoms with van der Waals surface area (Å²) in [5.41, 5.74) is 1.96. The lowest BCUT2D eigenvalue weighted by atomic mass is 9.95. The molecule has 1 aromatic carbocycles. The highest BCUT2D eigenvalue weighted by Gasteiger charge is 2.23. The number of piperazine rings is 1. The summed E-state index contributed by atoms with van der Waals surface area (Å²) in [6.45, 7) is 7.96. The SMILES string of the molecule is C=CCC[C@@H](c1ccccc1C#N)N1CCNCC1. The maximum atomic E-state index is 9.29. The number of nitrogens with one attached hydrogen (secondary N) is 1. The Bertz CT molecular complexity index is 455. The molecule has 0 aromatic heterocycles. The molecule has 1 aromatic rings. The lowest BCUT2D eigenvalue weighted by molar-refractivity contribution is 0.166. The lowest BCUT2D eigenvalue weighted by Crippen LogP contribution is -2.45. The maximum absolute atomic E-state index is 9.29. The van der Waals surface area contributed by atoms with Crippen molar-refractivity contribution in [2.45, 2.75) is 18.9 Å². The second-order valence-corrected chi connectivity index (χ2v) is 4.87. The van der Waals surface area contributed by atoms with Crippen LogP contribution in [-0.2, 0) is 0 Å². The minimum Gasteiger partial charge on any atom is -0.314 e. The summed E-state index contributed by atoms with van der Waals surface area (Å²) < 4.78 is 0. The molecule has 100 valence electrons. The molecule has 1 aliphatic rings. The molecule has 0 aliphatic carbocycles. The minimum atomic E-state index is 0.330. The molecule has 0 amide bonds. The van der Waals surface area contributed by atoms with Gasteiger partial charge in [0.15, 0.2) is 0 Å². The fraction of sp³-hybridized carbons (Fsp3) is 0.438. The van der Waals surface area contributed by atoms with Crippen LogP contribution in [0.1, 0.15) is 30.0 Å². The van der Waals surface area contributed by atoms with E-state index in [1.54, 1.807) is 0 Å². The standard InChI is InChI=1S/C16H21N3/c1-2-3-8-16(19-11-9-18-10-12-19)15-7-5-4-6-14(15)13-17/h2,4-7,16,18H,1,3,8-12H2/t16-/m0/s1. The van der Waals surface area contributed by atoms with E-state index in [2.05, 4.69) is 28.9 Å². The lowest BCUT2D eigenvalue weighted by Gasteiger charge is -2.35. The first kappa shape index (κ1) is 13.8. The van der Waals surface area contributed by atoms with Crippen molar-refractivity contribution in [2.24, 2.45) is 0 Å². The zero-order chi connectivity index (χ0) is 13.5. The van der Waals surface area contributed by atoms with Gasteiger partial charge in [0.1, 0.15) is 0 Å². The van der Waals surface area contributed by atoms with Crippen LogP contribution < -0.4 is 5.32 Å². The van der Waals surface area contributed by atoms with Crippen LogP contribution in [0.25, 0.3) is 0 Å². The molecule has 1 atom stereocenters. The summed E-state index contributed by atoms with van der Waals surface area (Å²) in [4.78, 5) is 2.48. The van der Waals surface area contributed by atoms with Crippen LogP contribution in [0, 0.1) is 11.3 Å². The van der Waals surface area contributed by atoms with Crippen molar-refractivity contribution in [1.82, 2.24) is 10.2 Å². The first-order valence-electron chi connectivity index (χ1n) is 6.91. The highest BCUT2D eigenvalue weighted by Crippen LogP contribution is 2.28. The van der Waals surface area contributed by atoms with Gasteiger partial charge in [-0.05, 0) is 24.5 Å². The van der Waals surface area contributed by atoms with Gasteiger partial charge in [0, 0.05) is 32.2 Å². The average Bonchev–Trinajstić information content (AvgIpc) is 2.49. The maximum Gasteiger partial charge on any atom is 0.0995 e. The van der Waals surface area contributed by atoms with Crippen LogP contribution in [0.15, 0.2) is 36.9 Å². The van der Waals surface area contributed by atoms with Crippen molar-refractivity contribution >= 4 is 0 Å². The van der Waals surface area contributed by atoms with Crippen LogP contribution in [0.4, 0.5) is 0 Å². The Morgan fingerprint density at radius 1 is 1.37 bits per heavy atom. The molecule has 3 nitrogen and oxygen atoms in total. The van der Waals surface area contributed by atoms with E-state index in [0.29, 0.717) is 6.04 Å². The molecule has 1 aliphatic heterocycles. The summed E-state index contributed by atoms with van der Waals surface area (Å²) in [5.74, 6) is 0. The molecular weight excluding hydrogens is 234 g/mol. The molecule has 0 radical (unpaired) electrons. The summed E-state index contributed by atoms with van der Waals surface area (Å²) in [5, 5.41) is 12.7. The fourth-order valence-corrected chi connectivity index (χ4v) is 2.69. The van der Waals surface area contributed by atoms with E-state index in [1.165, 1.54) is 0 Å². The van der Waals surface area contributed by atoms with Crippen molar-refractivity contribution in [3.05, 3.63) is 48.0 Å². The Labute approximate surface area is 115 Å². The second-order valence-electron chi connectivity index (χ2n) is 4.87. The summed E-state index contributed by atoms with van der Waals surface area (Å²) in [7, 11) is 0. The molecule has 0 unspecified atom stereocenters. The van der Waals surface area contributed by atoms with Gasteiger partial charge in [-0.15, -0.1) is 6.58 Å². The smallest absolute Gasteiger partial charge is 0.0995 e. The largest absolute Gasteiger partial charge is 0.314 e. The third-order valence-electron chi connectivity index (χ3n) is 3.68. The van der Waals surface area contributed by atoms with Crippen molar-refractivity contribution in [3.8, 4) is 6.07 Å². The summed E-state index contributed by atoms with van der Waals surface area (Å²) in [6, 6.07) is 10.6. The van der Waals surface area contributed by atoms with E-state index in [-0.39, 0.29) is 0 Å². The first-order chi connectivity index (χ1) is 9.36. The predicted molar refractivity (Wildman–Crippen MR) is 77.8 cm³/mol. The molecule has 0 bridgehead atoms. The molecule has 1 fully saturated rings. The molecule has 0 spiro atoms.